The van der Waals surface area contributed by atoms with Crippen molar-refractivity contribution in [2.45, 2.75) is 20.8 Å². The van der Waals surface area contributed by atoms with Gasteiger partial charge < -0.3 is 14.0 Å². The van der Waals surface area contributed by atoms with Crippen molar-refractivity contribution in [2.24, 2.45) is 5.10 Å². The van der Waals surface area contributed by atoms with E-state index in [-0.39, 0.29) is 5.91 Å². The smallest absolute Gasteiger partial charge is 0.275 e. The highest BCUT2D eigenvalue weighted by molar-refractivity contribution is 9.10. The van der Waals surface area contributed by atoms with Crippen molar-refractivity contribution in [3.8, 4) is 17.2 Å². The van der Waals surface area contributed by atoms with Crippen molar-refractivity contribution in [3.63, 3.8) is 0 Å². The van der Waals surface area contributed by atoms with Crippen molar-refractivity contribution < 1.29 is 14.3 Å². The van der Waals surface area contributed by atoms with Gasteiger partial charge in [0.05, 0.1) is 25.5 Å². The molecule has 1 amide bonds. The van der Waals surface area contributed by atoms with Crippen molar-refractivity contribution in [2.75, 3.05) is 13.7 Å². The summed E-state index contributed by atoms with van der Waals surface area (Å²) in [4.78, 5) is 12.5. The van der Waals surface area contributed by atoms with Crippen LogP contribution < -0.4 is 14.9 Å². The van der Waals surface area contributed by atoms with Crippen LogP contribution in [0.1, 0.15) is 34.2 Å². The van der Waals surface area contributed by atoms with E-state index in [1.54, 1.807) is 18.3 Å². The summed E-state index contributed by atoms with van der Waals surface area (Å²) in [6.45, 7) is 6.65. The number of nitrogens with zero attached hydrogens (tertiary/aromatic N) is 2. The number of benzene rings is 2. The molecule has 0 unspecified atom stereocenters. The van der Waals surface area contributed by atoms with Gasteiger partial charge in [0.1, 0.15) is 11.5 Å². The lowest BCUT2D eigenvalue weighted by Crippen LogP contribution is -2.18. The Morgan fingerprint density at radius 2 is 1.90 bits per heavy atom. The Hall–Kier alpha value is -3.06. The first-order chi connectivity index (χ1) is 14.4. The second kappa shape index (κ2) is 9.63. The summed E-state index contributed by atoms with van der Waals surface area (Å²) in [7, 11) is 1.53. The number of hydrazone groups is 1. The monoisotopic (exact) mass is 469 g/mol. The SMILES string of the molecule is CCOc1ccc(-n2c(C)cc(/C=N/NC(=O)c3cc(Br)ccc3OC)c2C)cc1. The zero-order chi connectivity index (χ0) is 21.7. The van der Waals surface area contributed by atoms with Crippen LogP contribution >= 0.6 is 15.9 Å². The molecule has 0 atom stereocenters. The molecule has 3 rings (SSSR count). The number of nitrogens with one attached hydrogen (secondary N) is 1. The van der Waals surface area contributed by atoms with Gasteiger partial charge in [-0.05, 0) is 69.3 Å². The largest absolute Gasteiger partial charge is 0.496 e. The molecule has 1 aromatic heterocycles. The molecule has 0 aliphatic heterocycles. The zero-order valence-corrected chi connectivity index (χ0v) is 19.0. The number of aromatic nitrogens is 1. The lowest BCUT2D eigenvalue weighted by molar-refractivity contribution is 0.0952. The predicted molar refractivity (Wildman–Crippen MR) is 122 cm³/mol. The first-order valence-electron chi connectivity index (χ1n) is 9.53. The van der Waals surface area contributed by atoms with Crippen LogP contribution in [0.3, 0.4) is 0 Å². The number of hydrogen-bond acceptors (Lipinski definition) is 4. The van der Waals surface area contributed by atoms with E-state index in [9.17, 15) is 4.79 Å². The molecule has 0 aliphatic carbocycles. The molecule has 30 heavy (non-hydrogen) atoms. The number of amides is 1. The summed E-state index contributed by atoms with van der Waals surface area (Å²) in [5.74, 6) is 0.987. The molecule has 0 bridgehead atoms. The Balaban J connectivity index is 1.78. The molecule has 7 heteroatoms. The minimum absolute atomic E-state index is 0.343. The summed E-state index contributed by atoms with van der Waals surface area (Å²) in [5.41, 5.74) is 7.02. The normalized spacial score (nSPS) is 11.0. The Morgan fingerprint density at radius 1 is 1.17 bits per heavy atom. The standard InChI is InChI=1S/C23H24BrN3O3/c1-5-30-20-9-7-19(8-10-20)27-15(2)12-17(16(27)3)14-25-26-23(28)21-13-18(24)6-11-22(21)29-4/h6-14H,5H2,1-4H3,(H,26,28)/b25-14+. The van der Waals surface area contributed by atoms with Gasteiger partial charge in [-0.2, -0.15) is 5.10 Å². The van der Waals surface area contributed by atoms with Crippen molar-refractivity contribution in [1.82, 2.24) is 9.99 Å². The van der Waals surface area contributed by atoms with Crippen LogP contribution in [0.5, 0.6) is 11.5 Å². The molecule has 1 heterocycles. The maximum absolute atomic E-state index is 12.5. The number of halogens is 1. The molecule has 3 aromatic rings. The number of methoxy groups -OCH3 is 1. The lowest BCUT2D eigenvalue weighted by atomic mass is 10.2. The fourth-order valence-electron chi connectivity index (χ4n) is 3.25. The van der Waals surface area contributed by atoms with Crippen LogP contribution in [0.25, 0.3) is 5.69 Å². The van der Waals surface area contributed by atoms with E-state index in [0.717, 1.165) is 32.9 Å². The van der Waals surface area contributed by atoms with Crippen LogP contribution in [0, 0.1) is 13.8 Å². The Morgan fingerprint density at radius 3 is 2.57 bits per heavy atom. The van der Waals surface area contributed by atoms with Gasteiger partial charge >= 0.3 is 0 Å². The van der Waals surface area contributed by atoms with Crippen LogP contribution in [-0.4, -0.2) is 30.4 Å². The molecule has 0 radical (unpaired) electrons. The minimum Gasteiger partial charge on any atom is -0.496 e. The fourth-order valence-corrected chi connectivity index (χ4v) is 3.61. The highest BCUT2D eigenvalue weighted by atomic mass is 79.9. The maximum Gasteiger partial charge on any atom is 0.275 e. The average molecular weight is 470 g/mol. The van der Waals surface area contributed by atoms with Gasteiger partial charge in [0.2, 0.25) is 0 Å². The molecule has 0 spiro atoms. The third-order valence-corrected chi connectivity index (χ3v) is 5.15. The predicted octanol–water partition coefficient (Wildman–Crippen LogP) is 5.03. The second-order valence-electron chi connectivity index (χ2n) is 6.63. The van der Waals surface area contributed by atoms with Crippen LogP contribution in [-0.2, 0) is 0 Å². The molecule has 156 valence electrons. The van der Waals surface area contributed by atoms with E-state index < -0.39 is 0 Å². The van der Waals surface area contributed by atoms with Crippen LogP contribution in [0.4, 0.5) is 0 Å². The lowest BCUT2D eigenvalue weighted by Gasteiger charge is -2.11. The number of carbonyl (C=O) groups is 1. The summed E-state index contributed by atoms with van der Waals surface area (Å²) >= 11 is 3.37. The van der Waals surface area contributed by atoms with Gasteiger partial charge in [0.25, 0.3) is 5.91 Å². The van der Waals surface area contributed by atoms with E-state index in [4.69, 9.17) is 9.47 Å². The fraction of sp³-hybridized carbons (Fsp3) is 0.217. The number of carbonyl (C=O) groups excluding carboxylic acids is 1. The maximum atomic E-state index is 12.5. The van der Waals surface area contributed by atoms with Gasteiger partial charge in [-0.3, -0.25) is 4.79 Å². The molecule has 0 saturated heterocycles. The number of aryl methyl sites for hydroxylation is 1. The topological polar surface area (TPSA) is 64.8 Å². The Labute approximate surface area is 184 Å². The van der Waals surface area contributed by atoms with E-state index >= 15 is 0 Å². The van der Waals surface area contributed by atoms with Gasteiger partial charge in [0.15, 0.2) is 0 Å². The van der Waals surface area contributed by atoms with Crippen molar-refractivity contribution in [1.29, 1.82) is 0 Å². The van der Waals surface area contributed by atoms with E-state index in [2.05, 4.69) is 31.0 Å². The molecule has 2 aromatic carbocycles. The molecule has 0 aliphatic rings. The third kappa shape index (κ3) is 4.74. The summed E-state index contributed by atoms with van der Waals surface area (Å²) < 4.78 is 13.7. The first-order valence-corrected chi connectivity index (χ1v) is 10.3. The number of hydrogen-bond donors (Lipinski definition) is 1. The quantitative estimate of drug-likeness (QED) is 0.389. The Kier molecular flexibility index (Phi) is 6.95. The summed E-state index contributed by atoms with van der Waals surface area (Å²) in [6.07, 6.45) is 1.65. The first kappa shape index (κ1) is 21.6. The number of rotatable bonds is 7. The number of ether oxygens (including phenoxy) is 2. The highest BCUT2D eigenvalue weighted by Crippen LogP contribution is 2.24. The average Bonchev–Trinajstić information content (AvgIpc) is 3.02. The van der Waals surface area contributed by atoms with Crippen molar-refractivity contribution >= 4 is 28.1 Å². The highest BCUT2D eigenvalue weighted by Gasteiger charge is 2.13. The van der Waals surface area contributed by atoms with Gasteiger partial charge in [-0.1, -0.05) is 15.9 Å². The van der Waals surface area contributed by atoms with Crippen molar-refractivity contribution in [3.05, 3.63) is 75.5 Å². The third-order valence-electron chi connectivity index (χ3n) is 4.65. The van der Waals surface area contributed by atoms with Crippen LogP contribution in [0.15, 0.2) is 58.1 Å². The Bertz CT molecular complexity index is 1070. The van der Waals surface area contributed by atoms with E-state index in [1.165, 1.54) is 7.11 Å². The van der Waals surface area contributed by atoms with Crippen LogP contribution in [0.2, 0.25) is 0 Å². The molecule has 0 fully saturated rings. The zero-order valence-electron chi connectivity index (χ0n) is 17.4. The minimum atomic E-state index is -0.343. The second-order valence-corrected chi connectivity index (χ2v) is 7.55. The van der Waals surface area contributed by atoms with E-state index in [1.807, 2.05) is 57.2 Å². The molecular weight excluding hydrogens is 446 g/mol. The van der Waals surface area contributed by atoms with Gasteiger partial charge in [-0.15, -0.1) is 0 Å². The molecule has 6 nitrogen and oxygen atoms in total. The molecular formula is C23H24BrN3O3. The van der Waals surface area contributed by atoms with E-state index in [0.29, 0.717) is 17.9 Å². The molecule has 1 N–H and O–H groups in total. The van der Waals surface area contributed by atoms with Gasteiger partial charge in [0, 0.05) is 27.1 Å². The summed E-state index contributed by atoms with van der Waals surface area (Å²) in [6, 6.07) is 15.2. The molecule has 0 saturated carbocycles. The summed E-state index contributed by atoms with van der Waals surface area (Å²) in [5, 5.41) is 4.14. The van der Waals surface area contributed by atoms with Gasteiger partial charge in [-0.25, -0.2) is 5.43 Å².